The Kier molecular flexibility index (Phi) is 7.66. The SMILES string of the molecule is COCCNCc1c(C)nn(C)c1N(C)CC(O)COC. The van der Waals surface area contributed by atoms with E-state index >= 15 is 0 Å². The number of methoxy groups -OCH3 is 2. The predicted octanol–water partition coefficient (Wildman–Crippen LogP) is -0.0920. The topological polar surface area (TPSA) is 71.8 Å². The maximum Gasteiger partial charge on any atom is 0.131 e. The third kappa shape index (κ3) is 5.28. The van der Waals surface area contributed by atoms with Crippen molar-refractivity contribution in [3.63, 3.8) is 0 Å². The van der Waals surface area contributed by atoms with Gasteiger partial charge in [0, 0.05) is 53.5 Å². The average Bonchev–Trinajstić information content (AvgIpc) is 2.69. The molecule has 1 unspecified atom stereocenters. The van der Waals surface area contributed by atoms with E-state index in [2.05, 4.69) is 10.4 Å². The molecule has 1 aromatic heterocycles. The summed E-state index contributed by atoms with van der Waals surface area (Å²) >= 11 is 0. The number of aromatic nitrogens is 2. The van der Waals surface area contributed by atoms with Crippen molar-refractivity contribution in [2.24, 2.45) is 7.05 Å². The smallest absolute Gasteiger partial charge is 0.131 e. The fourth-order valence-corrected chi connectivity index (χ4v) is 2.41. The van der Waals surface area contributed by atoms with Gasteiger partial charge in [-0.15, -0.1) is 0 Å². The van der Waals surface area contributed by atoms with Gasteiger partial charge in [-0.25, -0.2) is 0 Å². The van der Waals surface area contributed by atoms with Crippen molar-refractivity contribution in [3.8, 4) is 0 Å². The summed E-state index contributed by atoms with van der Waals surface area (Å²) in [5, 5.41) is 17.7. The molecule has 0 aliphatic rings. The molecule has 0 bridgehead atoms. The van der Waals surface area contributed by atoms with Gasteiger partial charge in [0.15, 0.2) is 0 Å². The van der Waals surface area contributed by atoms with Gasteiger partial charge in [0.25, 0.3) is 0 Å². The molecule has 0 fully saturated rings. The lowest BCUT2D eigenvalue weighted by Gasteiger charge is -2.24. The number of likely N-dealkylation sites (N-methyl/N-ethyl adjacent to an activating group) is 1. The van der Waals surface area contributed by atoms with Crippen molar-refractivity contribution in [1.29, 1.82) is 0 Å². The highest BCUT2D eigenvalue weighted by Gasteiger charge is 2.18. The number of aliphatic hydroxyl groups is 1. The molecular formula is C14H28N4O3. The molecule has 1 rings (SSSR count). The molecule has 0 aromatic carbocycles. The summed E-state index contributed by atoms with van der Waals surface area (Å²) in [5.74, 6) is 1.01. The molecule has 122 valence electrons. The fraction of sp³-hybridized carbons (Fsp3) is 0.786. The Morgan fingerprint density at radius 2 is 2.10 bits per heavy atom. The van der Waals surface area contributed by atoms with Crippen LogP contribution in [-0.2, 0) is 23.1 Å². The summed E-state index contributed by atoms with van der Waals surface area (Å²) in [6, 6.07) is 0. The van der Waals surface area contributed by atoms with Crippen LogP contribution in [0.25, 0.3) is 0 Å². The summed E-state index contributed by atoms with van der Waals surface area (Å²) in [4.78, 5) is 2.01. The molecule has 1 aromatic rings. The van der Waals surface area contributed by atoms with Crippen LogP contribution in [0.5, 0.6) is 0 Å². The summed E-state index contributed by atoms with van der Waals surface area (Å²) in [7, 11) is 7.14. The zero-order valence-electron chi connectivity index (χ0n) is 13.7. The standard InChI is InChI=1S/C14H28N4O3/c1-11-13(8-15-6-7-20-4)14(18(3)16-11)17(2)9-12(19)10-21-5/h12,15,19H,6-10H2,1-5H3. The van der Waals surface area contributed by atoms with Crippen LogP contribution < -0.4 is 10.2 Å². The highest BCUT2D eigenvalue weighted by Crippen LogP contribution is 2.22. The molecular weight excluding hydrogens is 272 g/mol. The summed E-state index contributed by atoms with van der Waals surface area (Å²) < 4.78 is 11.9. The molecule has 0 aliphatic heterocycles. The minimum absolute atomic E-state index is 0.322. The van der Waals surface area contributed by atoms with Crippen LogP contribution in [0.15, 0.2) is 0 Å². The van der Waals surface area contributed by atoms with E-state index in [9.17, 15) is 5.11 Å². The molecule has 0 aliphatic carbocycles. The van der Waals surface area contributed by atoms with Gasteiger partial charge in [-0.3, -0.25) is 4.68 Å². The maximum absolute atomic E-state index is 9.89. The van der Waals surface area contributed by atoms with Gasteiger partial charge >= 0.3 is 0 Å². The van der Waals surface area contributed by atoms with E-state index in [1.165, 1.54) is 0 Å². The van der Waals surface area contributed by atoms with Crippen molar-refractivity contribution in [1.82, 2.24) is 15.1 Å². The van der Waals surface area contributed by atoms with Crippen molar-refractivity contribution in [2.45, 2.75) is 19.6 Å². The zero-order valence-corrected chi connectivity index (χ0v) is 13.7. The number of nitrogens with one attached hydrogen (secondary N) is 1. The molecule has 2 N–H and O–H groups in total. The first-order chi connectivity index (χ1) is 10.0. The molecule has 0 radical (unpaired) electrons. The number of hydrogen-bond donors (Lipinski definition) is 2. The molecule has 7 heteroatoms. The monoisotopic (exact) mass is 300 g/mol. The third-order valence-corrected chi connectivity index (χ3v) is 3.30. The van der Waals surface area contributed by atoms with E-state index in [4.69, 9.17) is 9.47 Å². The largest absolute Gasteiger partial charge is 0.389 e. The minimum Gasteiger partial charge on any atom is -0.389 e. The second-order valence-corrected chi connectivity index (χ2v) is 5.17. The van der Waals surface area contributed by atoms with Crippen LogP contribution in [-0.4, -0.2) is 68.6 Å². The lowest BCUT2D eigenvalue weighted by molar-refractivity contribution is 0.0693. The maximum atomic E-state index is 9.89. The van der Waals surface area contributed by atoms with E-state index in [-0.39, 0.29) is 0 Å². The summed E-state index contributed by atoms with van der Waals surface area (Å²) in [5.41, 5.74) is 2.13. The first-order valence-corrected chi connectivity index (χ1v) is 7.11. The molecule has 7 nitrogen and oxygen atoms in total. The number of hydrogen-bond acceptors (Lipinski definition) is 6. The van der Waals surface area contributed by atoms with E-state index in [0.29, 0.717) is 19.8 Å². The van der Waals surface area contributed by atoms with Crippen molar-refractivity contribution < 1.29 is 14.6 Å². The van der Waals surface area contributed by atoms with Gasteiger partial charge in [0.05, 0.1) is 25.0 Å². The highest BCUT2D eigenvalue weighted by molar-refractivity contribution is 5.49. The van der Waals surface area contributed by atoms with Gasteiger partial charge in [0.2, 0.25) is 0 Å². The van der Waals surface area contributed by atoms with Gasteiger partial charge in [-0.2, -0.15) is 5.10 Å². The van der Waals surface area contributed by atoms with E-state index < -0.39 is 6.10 Å². The molecule has 0 amide bonds. The van der Waals surface area contributed by atoms with E-state index in [1.54, 1.807) is 14.2 Å². The van der Waals surface area contributed by atoms with Crippen LogP contribution in [0.4, 0.5) is 5.82 Å². The molecule has 0 saturated heterocycles. The molecule has 1 heterocycles. The number of rotatable bonds is 10. The Bertz CT molecular complexity index is 423. The fourth-order valence-electron chi connectivity index (χ4n) is 2.41. The van der Waals surface area contributed by atoms with Crippen LogP contribution >= 0.6 is 0 Å². The molecule has 1 atom stereocenters. The van der Waals surface area contributed by atoms with Crippen LogP contribution in [0.3, 0.4) is 0 Å². The van der Waals surface area contributed by atoms with Crippen molar-refractivity contribution in [3.05, 3.63) is 11.3 Å². The first-order valence-electron chi connectivity index (χ1n) is 7.11. The van der Waals surface area contributed by atoms with Crippen molar-refractivity contribution in [2.75, 3.05) is 52.5 Å². The Morgan fingerprint density at radius 1 is 1.38 bits per heavy atom. The normalized spacial score (nSPS) is 12.7. The number of anilines is 1. The number of ether oxygens (including phenoxy) is 2. The summed E-state index contributed by atoms with van der Waals surface area (Å²) in [6.45, 7) is 5.01. The molecule has 0 spiro atoms. The number of aryl methyl sites for hydroxylation is 2. The lowest BCUT2D eigenvalue weighted by Crippen LogP contribution is -2.34. The number of nitrogens with zero attached hydrogens (tertiary/aromatic N) is 3. The third-order valence-electron chi connectivity index (χ3n) is 3.30. The quantitative estimate of drug-likeness (QED) is 0.588. The summed E-state index contributed by atoms with van der Waals surface area (Å²) in [6.07, 6.45) is -0.524. The van der Waals surface area contributed by atoms with E-state index in [0.717, 1.165) is 30.2 Å². The molecule has 0 saturated carbocycles. The Labute approximate surface area is 126 Å². The zero-order chi connectivity index (χ0) is 15.8. The van der Waals surface area contributed by atoms with Crippen LogP contribution in [0, 0.1) is 6.92 Å². The van der Waals surface area contributed by atoms with Gasteiger partial charge in [-0.05, 0) is 6.92 Å². The second-order valence-electron chi connectivity index (χ2n) is 5.17. The Balaban J connectivity index is 2.75. The van der Waals surface area contributed by atoms with Crippen LogP contribution in [0.1, 0.15) is 11.3 Å². The Morgan fingerprint density at radius 3 is 2.71 bits per heavy atom. The second kappa shape index (κ2) is 8.99. The first kappa shape index (κ1) is 17.9. The highest BCUT2D eigenvalue weighted by atomic mass is 16.5. The van der Waals surface area contributed by atoms with E-state index in [1.807, 2.05) is 30.6 Å². The Hall–Kier alpha value is -1.15. The van der Waals surface area contributed by atoms with Crippen LogP contribution in [0.2, 0.25) is 0 Å². The van der Waals surface area contributed by atoms with Gasteiger partial charge < -0.3 is 24.8 Å². The van der Waals surface area contributed by atoms with Gasteiger partial charge in [0.1, 0.15) is 5.82 Å². The van der Waals surface area contributed by atoms with Crippen molar-refractivity contribution >= 4 is 5.82 Å². The number of aliphatic hydroxyl groups excluding tert-OH is 1. The lowest BCUT2D eigenvalue weighted by atomic mass is 10.2. The minimum atomic E-state index is -0.524. The average molecular weight is 300 g/mol. The van der Waals surface area contributed by atoms with Gasteiger partial charge in [-0.1, -0.05) is 0 Å². The molecule has 21 heavy (non-hydrogen) atoms. The predicted molar refractivity (Wildman–Crippen MR) is 82.7 cm³/mol.